The summed E-state index contributed by atoms with van der Waals surface area (Å²) in [4.78, 5) is 10.0. The van der Waals surface area contributed by atoms with Crippen LogP contribution < -0.4 is 34.9 Å². The minimum Gasteiger partial charge on any atom is -0.744 e. The van der Waals surface area contributed by atoms with E-state index in [2.05, 4.69) is 6.58 Å². The van der Waals surface area contributed by atoms with E-state index < -0.39 is 20.9 Å². The van der Waals surface area contributed by atoms with E-state index in [-0.39, 0.29) is 29.6 Å². The van der Waals surface area contributed by atoms with Gasteiger partial charge in [0.15, 0.2) is 0 Å². The second-order valence-electron chi connectivity index (χ2n) is 1.92. The molecule has 0 radical (unpaired) electrons. The zero-order valence-corrected chi connectivity index (χ0v) is 10.2. The third-order valence-corrected chi connectivity index (χ3v) is 1.90. The van der Waals surface area contributed by atoms with E-state index in [1.54, 1.807) is 0 Å². The molecule has 0 aliphatic heterocycles. The Labute approximate surface area is 98.9 Å². The molecule has 0 spiro atoms. The SMILES string of the molecule is C=CC(=O)NC=C(C)S(=O)(=O)[O-].[Na+]. The summed E-state index contributed by atoms with van der Waals surface area (Å²) < 4.78 is 30.7. The van der Waals surface area contributed by atoms with E-state index in [1.807, 2.05) is 5.32 Å². The van der Waals surface area contributed by atoms with Gasteiger partial charge in [-0.2, -0.15) is 0 Å². The van der Waals surface area contributed by atoms with E-state index in [0.717, 1.165) is 19.2 Å². The maximum Gasteiger partial charge on any atom is 1.00 e. The van der Waals surface area contributed by atoms with Crippen LogP contribution in [0.15, 0.2) is 23.8 Å². The van der Waals surface area contributed by atoms with E-state index in [9.17, 15) is 17.8 Å². The van der Waals surface area contributed by atoms with Crippen LogP contribution in [-0.2, 0) is 14.9 Å². The van der Waals surface area contributed by atoms with Gasteiger partial charge in [0.25, 0.3) is 0 Å². The zero-order chi connectivity index (χ0) is 9.78. The molecule has 13 heavy (non-hydrogen) atoms. The molecule has 0 atom stereocenters. The number of hydrogen-bond acceptors (Lipinski definition) is 4. The van der Waals surface area contributed by atoms with Crippen molar-refractivity contribution in [1.82, 2.24) is 5.32 Å². The van der Waals surface area contributed by atoms with Crippen LogP contribution in [0, 0.1) is 0 Å². The van der Waals surface area contributed by atoms with Crippen molar-refractivity contribution < 1.29 is 47.3 Å². The van der Waals surface area contributed by atoms with Crippen molar-refractivity contribution in [3.63, 3.8) is 0 Å². The maximum absolute atomic E-state index is 10.5. The largest absolute Gasteiger partial charge is 1.00 e. The van der Waals surface area contributed by atoms with E-state index in [0.29, 0.717) is 0 Å². The van der Waals surface area contributed by atoms with Gasteiger partial charge in [-0.3, -0.25) is 4.79 Å². The molecule has 0 unspecified atom stereocenters. The first kappa shape index (κ1) is 15.3. The van der Waals surface area contributed by atoms with Crippen LogP contribution in [0.4, 0.5) is 0 Å². The van der Waals surface area contributed by atoms with Gasteiger partial charge < -0.3 is 9.87 Å². The van der Waals surface area contributed by atoms with Gasteiger partial charge in [0.2, 0.25) is 5.91 Å². The molecule has 0 saturated carbocycles. The first-order valence-electron chi connectivity index (χ1n) is 2.93. The fourth-order valence-electron chi connectivity index (χ4n) is 0.304. The number of amides is 1. The summed E-state index contributed by atoms with van der Waals surface area (Å²) in [6.07, 6.45) is 1.79. The number of carbonyl (C=O) groups is 1. The Bertz CT molecular complexity index is 320. The van der Waals surface area contributed by atoms with Crippen molar-refractivity contribution >= 4 is 16.0 Å². The van der Waals surface area contributed by atoms with Crippen LogP contribution in [0.2, 0.25) is 0 Å². The molecule has 1 amide bonds. The Kier molecular flexibility index (Phi) is 7.47. The van der Waals surface area contributed by atoms with E-state index >= 15 is 0 Å². The minimum atomic E-state index is -4.44. The Morgan fingerprint density at radius 2 is 2.00 bits per heavy atom. The molecule has 0 fully saturated rings. The van der Waals surface area contributed by atoms with Crippen LogP contribution in [0.3, 0.4) is 0 Å². The van der Waals surface area contributed by atoms with Gasteiger partial charge in [0.1, 0.15) is 10.1 Å². The first-order chi connectivity index (χ1) is 5.38. The van der Waals surface area contributed by atoms with Gasteiger partial charge in [-0.1, -0.05) is 6.58 Å². The van der Waals surface area contributed by atoms with Gasteiger partial charge in [0, 0.05) is 11.1 Å². The molecule has 0 rings (SSSR count). The summed E-state index contributed by atoms with van der Waals surface area (Å²) in [6, 6.07) is 0. The van der Waals surface area contributed by atoms with Crippen molar-refractivity contribution in [1.29, 1.82) is 0 Å². The normalized spacial score (nSPS) is 11.4. The van der Waals surface area contributed by atoms with Crippen LogP contribution in [-0.4, -0.2) is 18.9 Å². The van der Waals surface area contributed by atoms with E-state index in [4.69, 9.17) is 0 Å². The van der Waals surface area contributed by atoms with Crippen LogP contribution >= 0.6 is 0 Å². The summed E-state index contributed by atoms with van der Waals surface area (Å²) in [6.45, 7) is 4.22. The van der Waals surface area contributed by atoms with Gasteiger partial charge >= 0.3 is 29.6 Å². The van der Waals surface area contributed by atoms with Gasteiger partial charge in [-0.25, -0.2) is 8.42 Å². The molecule has 7 heteroatoms. The third kappa shape index (κ3) is 6.97. The molecule has 1 N–H and O–H groups in total. The summed E-state index contributed by atoms with van der Waals surface area (Å²) in [5, 5.41) is 2.04. The molecular formula is C6H8NNaO4S. The quantitative estimate of drug-likeness (QED) is 0.302. The third-order valence-electron chi connectivity index (χ3n) is 0.997. The fourth-order valence-corrected chi connectivity index (χ4v) is 0.507. The predicted molar refractivity (Wildman–Crippen MR) is 41.8 cm³/mol. The Hall–Kier alpha value is -0.140. The number of rotatable bonds is 3. The predicted octanol–water partition coefficient (Wildman–Crippen LogP) is -3.30. The van der Waals surface area contributed by atoms with Crippen LogP contribution in [0.25, 0.3) is 0 Å². The monoisotopic (exact) mass is 213 g/mol. The van der Waals surface area contributed by atoms with Crippen molar-refractivity contribution in [2.45, 2.75) is 6.92 Å². The van der Waals surface area contributed by atoms with Gasteiger partial charge in [0.05, 0.1) is 0 Å². The fraction of sp³-hybridized carbons (Fsp3) is 0.167. The second kappa shape index (κ2) is 6.33. The Morgan fingerprint density at radius 1 is 1.54 bits per heavy atom. The average Bonchev–Trinajstić information content (AvgIpc) is 1.97. The number of hydrogen-bond donors (Lipinski definition) is 1. The molecular weight excluding hydrogens is 205 g/mol. The summed E-state index contributed by atoms with van der Waals surface area (Å²) >= 11 is 0. The molecule has 0 bridgehead atoms. The Morgan fingerprint density at radius 3 is 2.31 bits per heavy atom. The molecule has 0 aliphatic rings. The molecule has 68 valence electrons. The van der Waals surface area contributed by atoms with Crippen molar-refractivity contribution in [3.8, 4) is 0 Å². The van der Waals surface area contributed by atoms with Crippen LogP contribution in [0.1, 0.15) is 6.92 Å². The topological polar surface area (TPSA) is 86.3 Å². The van der Waals surface area contributed by atoms with E-state index in [1.165, 1.54) is 0 Å². The standard InChI is InChI=1S/C6H9NO4S.Na/c1-3-6(8)7-4-5(2)12(9,10)11;/h3-4H,1H2,2H3,(H,7,8)(H,9,10,11);/q;+1/p-1. The molecule has 0 saturated heterocycles. The van der Waals surface area contributed by atoms with Crippen molar-refractivity contribution in [3.05, 3.63) is 23.8 Å². The minimum absolute atomic E-state index is 0. The smallest absolute Gasteiger partial charge is 0.744 e. The molecule has 0 aromatic rings. The first-order valence-corrected chi connectivity index (χ1v) is 4.34. The molecule has 0 aromatic carbocycles. The zero-order valence-electron chi connectivity index (χ0n) is 7.40. The summed E-state index contributed by atoms with van der Waals surface area (Å²) in [5.74, 6) is -0.571. The average molecular weight is 213 g/mol. The van der Waals surface area contributed by atoms with Crippen molar-refractivity contribution in [2.24, 2.45) is 0 Å². The Balaban J connectivity index is 0. The second-order valence-corrected chi connectivity index (χ2v) is 3.47. The summed E-state index contributed by atoms with van der Waals surface area (Å²) in [5.41, 5.74) is 0. The van der Waals surface area contributed by atoms with Gasteiger partial charge in [-0.05, 0) is 13.0 Å². The molecule has 5 nitrogen and oxygen atoms in total. The number of allylic oxidation sites excluding steroid dienone is 1. The van der Waals surface area contributed by atoms with Crippen molar-refractivity contribution in [2.75, 3.05) is 0 Å². The molecule has 0 heterocycles. The molecule has 0 aliphatic carbocycles. The molecule has 0 aromatic heterocycles. The number of nitrogens with one attached hydrogen (secondary N) is 1. The maximum atomic E-state index is 10.5. The van der Waals surface area contributed by atoms with Gasteiger partial charge in [-0.15, -0.1) is 0 Å². The number of carbonyl (C=O) groups excluding carboxylic acids is 1. The summed E-state index contributed by atoms with van der Waals surface area (Å²) in [7, 11) is -4.44. The van der Waals surface area contributed by atoms with Crippen LogP contribution in [0.5, 0.6) is 0 Å².